The minimum atomic E-state index is -0.421. The summed E-state index contributed by atoms with van der Waals surface area (Å²) in [6, 6.07) is 3.51. The number of benzene rings is 1. The van der Waals surface area contributed by atoms with E-state index in [9.17, 15) is 8.78 Å². The van der Waals surface area contributed by atoms with Crippen LogP contribution in [0.15, 0.2) is 23.2 Å². The summed E-state index contributed by atoms with van der Waals surface area (Å²) in [5, 5.41) is 6.27. The first-order chi connectivity index (χ1) is 10.7. The molecule has 1 aromatic rings. The maximum absolute atomic E-state index is 13.5. The second kappa shape index (κ2) is 8.68. The van der Waals surface area contributed by atoms with Gasteiger partial charge in [-0.1, -0.05) is 0 Å². The van der Waals surface area contributed by atoms with Crippen LogP contribution in [0, 0.1) is 11.6 Å². The van der Waals surface area contributed by atoms with Crippen LogP contribution in [0.4, 0.5) is 8.78 Å². The third-order valence-electron chi connectivity index (χ3n) is 3.52. The summed E-state index contributed by atoms with van der Waals surface area (Å²) in [7, 11) is 0. The van der Waals surface area contributed by atoms with Crippen molar-refractivity contribution in [3.05, 3.63) is 35.4 Å². The van der Waals surface area contributed by atoms with E-state index < -0.39 is 5.82 Å². The van der Waals surface area contributed by atoms with E-state index in [1.165, 1.54) is 6.07 Å². The van der Waals surface area contributed by atoms with Crippen LogP contribution >= 0.6 is 0 Å². The van der Waals surface area contributed by atoms with Crippen LogP contribution < -0.4 is 10.6 Å². The number of aliphatic imine (C=N–C) groups is 1. The first-order valence-electron chi connectivity index (χ1n) is 7.76. The number of hydrogen-bond donors (Lipinski definition) is 2. The van der Waals surface area contributed by atoms with Crippen molar-refractivity contribution in [3.8, 4) is 0 Å². The first-order valence-corrected chi connectivity index (χ1v) is 7.76. The quantitative estimate of drug-likeness (QED) is 0.626. The SMILES string of the molecule is CCNC(=NCC1CCCO1)NCCc1cc(F)ccc1F. The Balaban J connectivity index is 1.82. The summed E-state index contributed by atoms with van der Waals surface area (Å²) in [6.45, 7) is 4.63. The second-order valence-electron chi connectivity index (χ2n) is 5.27. The van der Waals surface area contributed by atoms with Crippen molar-refractivity contribution in [2.75, 3.05) is 26.2 Å². The van der Waals surface area contributed by atoms with Crippen molar-refractivity contribution >= 4 is 5.96 Å². The Morgan fingerprint density at radius 1 is 1.36 bits per heavy atom. The number of hydrogen-bond acceptors (Lipinski definition) is 2. The van der Waals surface area contributed by atoms with Gasteiger partial charge in [0.2, 0.25) is 0 Å². The van der Waals surface area contributed by atoms with Gasteiger partial charge in [0.05, 0.1) is 12.6 Å². The van der Waals surface area contributed by atoms with Gasteiger partial charge in [-0.2, -0.15) is 0 Å². The molecule has 6 heteroatoms. The molecule has 2 rings (SSSR count). The smallest absolute Gasteiger partial charge is 0.191 e. The number of ether oxygens (including phenoxy) is 1. The van der Waals surface area contributed by atoms with E-state index in [1.54, 1.807) is 0 Å². The van der Waals surface area contributed by atoms with Gasteiger partial charge in [-0.25, -0.2) is 8.78 Å². The largest absolute Gasteiger partial charge is 0.376 e. The number of guanidine groups is 1. The molecule has 0 spiro atoms. The van der Waals surface area contributed by atoms with Crippen molar-refractivity contribution in [2.24, 2.45) is 4.99 Å². The van der Waals surface area contributed by atoms with Crippen LogP contribution in [0.25, 0.3) is 0 Å². The van der Waals surface area contributed by atoms with Gasteiger partial charge in [-0.05, 0) is 49.9 Å². The van der Waals surface area contributed by atoms with Crippen LogP contribution in [0.5, 0.6) is 0 Å². The summed E-state index contributed by atoms with van der Waals surface area (Å²) in [6.07, 6.45) is 2.71. The average molecular weight is 311 g/mol. The minimum Gasteiger partial charge on any atom is -0.376 e. The van der Waals surface area contributed by atoms with E-state index >= 15 is 0 Å². The van der Waals surface area contributed by atoms with Gasteiger partial charge in [0.1, 0.15) is 11.6 Å². The molecule has 0 aromatic heterocycles. The second-order valence-corrected chi connectivity index (χ2v) is 5.27. The Labute approximate surface area is 130 Å². The molecule has 0 radical (unpaired) electrons. The highest BCUT2D eigenvalue weighted by molar-refractivity contribution is 5.79. The number of nitrogens with one attached hydrogen (secondary N) is 2. The molecule has 0 bridgehead atoms. The average Bonchev–Trinajstić information content (AvgIpc) is 3.01. The third-order valence-corrected chi connectivity index (χ3v) is 3.52. The zero-order valence-electron chi connectivity index (χ0n) is 12.9. The van der Waals surface area contributed by atoms with Crippen molar-refractivity contribution in [3.63, 3.8) is 0 Å². The maximum Gasteiger partial charge on any atom is 0.191 e. The molecule has 1 aliphatic heterocycles. The summed E-state index contributed by atoms with van der Waals surface area (Å²) in [4.78, 5) is 4.47. The molecule has 1 aliphatic rings. The Morgan fingerprint density at radius 3 is 2.95 bits per heavy atom. The van der Waals surface area contributed by atoms with E-state index in [-0.39, 0.29) is 11.9 Å². The summed E-state index contributed by atoms with van der Waals surface area (Å²) < 4.78 is 32.2. The van der Waals surface area contributed by atoms with Crippen LogP contribution in [0.2, 0.25) is 0 Å². The molecule has 0 amide bonds. The highest BCUT2D eigenvalue weighted by Gasteiger charge is 2.14. The summed E-state index contributed by atoms with van der Waals surface area (Å²) in [5.74, 6) is -0.130. The van der Waals surface area contributed by atoms with Gasteiger partial charge < -0.3 is 15.4 Å². The Hall–Kier alpha value is -1.69. The third kappa shape index (κ3) is 5.26. The maximum atomic E-state index is 13.5. The molecule has 122 valence electrons. The number of rotatable bonds is 6. The molecule has 0 saturated carbocycles. The summed E-state index contributed by atoms with van der Waals surface area (Å²) in [5.41, 5.74) is 0.363. The van der Waals surface area contributed by atoms with Crippen LogP contribution in [-0.4, -0.2) is 38.3 Å². The minimum absolute atomic E-state index is 0.191. The van der Waals surface area contributed by atoms with Crippen molar-refractivity contribution in [2.45, 2.75) is 32.3 Å². The Morgan fingerprint density at radius 2 is 2.23 bits per heavy atom. The Kier molecular flexibility index (Phi) is 6.58. The van der Waals surface area contributed by atoms with Gasteiger partial charge in [0.25, 0.3) is 0 Å². The van der Waals surface area contributed by atoms with Gasteiger partial charge >= 0.3 is 0 Å². The molecule has 4 nitrogen and oxygen atoms in total. The monoisotopic (exact) mass is 311 g/mol. The van der Waals surface area contributed by atoms with E-state index in [4.69, 9.17) is 4.74 Å². The fourth-order valence-electron chi connectivity index (χ4n) is 2.37. The normalized spacial score (nSPS) is 18.5. The standard InChI is InChI=1S/C16H23F2N3O/c1-2-19-16(21-11-14-4-3-9-22-14)20-8-7-12-10-13(17)5-6-15(12)18/h5-6,10,14H,2-4,7-9,11H2,1H3,(H2,19,20,21). The lowest BCUT2D eigenvalue weighted by molar-refractivity contribution is 0.117. The molecule has 1 aromatic carbocycles. The van der Waals surface area contributed by atoms with Gasteiger partial charge in [0, 0.05) is 19.7 Å². The van der Waals surface area contributed by atoms with E-state index in [0.29, 0.717) is 31.0 Å². The first kappa shape index (κ1) is 16.7. The molecule has 0 aliphatic carbocycles. The predicted octanol–water partition coefficient (Wildman–Crippen LogP) is 2.24. The van der Waals surface area contributed by atoms with Crippen LogP contribution in [-0.2, 0) is 11.2 Å². The van der Waals surface area contributed by atoms with Gasteiger partial charge in [-0.15, -0.1) is 0 Å². The van der Waals surface area contributed by atoms with Crippen LogP contribution in [0.1, 0.15) is 25.3 Å². The lowest BCUT2D eigenvalue weighted by Crippen LogP contribution is -2.39. The molecular weight excluding hydrogens is 288 g/mol. The van der Waals surface area contributed by atoms with E-state index in [2.05, 4.69) is 15.6 Å². The van der Waals surface area contributed by atoms with Gasteiger partial charge in [-0.3, -0.25) is 4.99 Å². The van der Waals surface area contributed by atoms with Crippen LogP contribution in [0.3, 0.4) is 0 Å². The van der Waals surface area contributed by atoms with Gasteiger partial charge in [0.15, 0.2) is 5.96 Å². The highest BCUT2D eigenvalue weighted by Crippen LogP contribution is 2.12. The van der Waals surface area contributed by atoms with E-state index in [0.717, 1.165) is 38.1 Å². The fraction of sp³-hybridized carbons (Fsp3) is 0.562. The molecule has 2 N–H and O–H groups in total. The zero-order valence-corrected chi connectivity index (χ0v) is 12.9. The molecule has 1 heterocycles. The number of halogens is 2. The zero-order chi connectivity index (χ0) is 15.8. The number of nitrogens with zero attached hydrogens (tertiary/aromatic N) is 1. The lowest BCUT2D eigenvalue weighted by atomic mass is 10.1. The molecule has 1 saturated heterocycles. The van der Waals surface area contributed by atoms with Crippen molar-refractivity contribution < 1.29 is 13.5 Å². The molecule has 1 fully saturated rings. The highest BCUT2D eigenvalue weighted by atomic mass is 19.1. The van der Waals surface area contributed by atoms with Crippen molar-refractivity contribution in [1.29, 1.82) is 0 Å². The lowest BCUT2D eigenvalue weighted by Gasteiger charge is -2.13. The molecule has 1 unspecified atom stereocenters. The topological polar surface area (TPSA) is 45.7 Å². The van der Waals surface area contributed by atoms with E-state index in [1.807, 2.05) is 6.92 Å². The fourth-order valence-corrected chi connectivity index (χ4v) is 2.37. The Bertz CT molecular complexity index is 502. The predicted molar refractivity (Wildman–Crippen MR) is 83.0 cm³/mol. The molecule has 22 heavy (non-hydrogen) atoms. The summed E-state index contributed by atoms with van der Waals surface area (Å²) >= 11 is 0. The van der Waals surface area contributed by atoms with Crippen molar-refractivity contribution in [1.82, 2.24) is 10.6 Å². The molecular formula is C16H23F2N3O. The molecule has 1 atom stereocenters.